The monoisotopic (exact) mass is 233 g/mol. The van der Waals surface area contributed by atoms with Crippen LogP contribution in [-0.4, -0.2) is 23.5 Å². The van der Waals surface area contributed by atoms with E-state index in [1.54, 1.807) is 0 Å². The second-order valence-electron chi connectivity index (χ2n) is 4.40. The zero-order chi connectivity index (χ0) is 12.4. The third-order valence-electron chi connectivity index (χ3n) is 3.22. The van der Waals surface area contributed by atoms with Crippen molar-refractivity contribution in [3.05, 3.63) is 35.9 Å². The molecule has 0 spiro atoms. The van der Waals surface area contributed by atoms with Gasteiger partial charge in [-0.3, -0.25) is 9.59 Å². The van der Waals surface area contributed by atoms with Crippen molar-refractivity contribution in [2.24, 2.45) is 11.8 Å². The molecule has 0 heterocycles. The third-order valence-corrected chi connectivity index (χ3v) is 3.22. The van der Waals surface area contributed by atoms with E-state index in [-0.39, 0.29) is 23.7 Å². The van der Waals surface area contributed by atoms with Crippen molar-refractivity contribution < 1.29 is 14.7 Å². The van der Waals surface area contributed by atoms with Gasteiger partial charge in [-0.1, -0.05) is 30.3 Å². The Bertz CT molecular complexity index is 430. The van der Waals surface area contributed by atoms with Crippen molar-refractivity contribution in [2.45, 2.75) is 12.8 Å². The molecule has 2 rings (SSSR count). The van der Waals surface area contributed by atoms with Gasteiger partial charge in [-0.15, -0.1) is 0 Å². The summed E-state index contributed by atoms with van der Waals surface area (Å²) in [5.74, 6) is -1.23. The Morgan fingerprint density at radius 2 is 1.94 bits per heavy atom. The molecule has 1 aliphatic rings. The molecule has 1 saturated carbocycles. The molecule has 2 N–H and O–H groups in total. The maximum absolute atomic E-state index is 11.1. The van der Waals surface area contributed by atoms with Gasteiger partial charge in [0.05, 0.1) is 5.92 Å². The number of carboxylic acids is 1. The second kappa shape index (κ2) is 4.57. The molecule has 90 valence electrons. The van der Waals surface area contributed by atoms with Gasteiger partial charge in [-0.25, -0.2) is 0 Å². The van der Waals surface area contributed by atoms with Crippen molar-refractivity contribution in [2.75, 3.05) is 6.54 Å². The fraction of sp³-hybridized carbons (Fsp3) is 0.385. The van der Waals surface area contributed by atoms with E-state index >= 15 is 0 Å². The number of rotatable bonds is 4. The molecule has 4 heteroatoms. The fourth-order valence-electron chi connectivity index (χ4n) is 2.36. The number of benzene rings is 1. The van der Waals surface area contributed by atoms with Crippen molar-refractivity contribution in [3.63, 3.8) is 0 Å². The first kappa shape index (κ1) is 11.6. The lowest BCUT2D eigenvalue weighted by Gasteiger charge is -2.00. The Kier molecular flexibility index (Phi) is 3.13. The maximum Gasteiger partial charge on any atom is 0.307 e. The van der Waals surface area contributed by atoms with Crippen LogP contribution in [-0.2, 0) is 9.59 Å². The number of nitrogens with one attached hydrogen (secondary N) is 1. The van der Waals surface area contributed by atoms with E-state index < -0.39 is 5.97 Å². The average Bonchev–Trinajstić information content (AvgIpc) is 3.02. The van der Waals surface area contributed by atoms with Gasteiger partial charge in [-0.05, 0) is 11.5 Å². The van der Waals surface area contributed by atoms with Gasteiger partial charge < -0.3 is 10.4 Å². The number of aliphatic carboxylic acids is 1. The third kappa shape index (κ3) is 2.46. The molecular weight excluding hydrogens is 218 g/mol. The summed E-state index contributed by atoms with van der Waals surface area (Å²) >= 11 is 0. The van der Waals surface area contributed by atoms with E-state index in [2.05, 4.69) is 5.32 Å². The SMILES string of the molecule is CC(=O)NCC1C(C(=O)O)C1c1ccccc1. The van der Waals surface area contributed by atoms with Gasteiger partial charge >= 0.3 is 5.97 Å². The second-order valence-corrected chi connectivity index (χ2v) is 4.40. The smallest absolute Gasteiger partial charge is 0.307 e. The molecule has 1 amide bonds. The molecule has 0 aliphatic heterocycles. The zero-order valence-electron chi connectivity index (χ0n) is 9.59. The normalized spacial score (nSPS) is 26.3. The average molecular weight is 233 g/mol. The quantitative estimate of drug-likeness (QED) is 0.822. The Morgan fingerprint density at radius 1 is 1.29 bits per heavy atom. The summed E-state index contributed by atoms with van der Waals surface area (Å²) < 4.78 is 0. The number of hydrogen-bond acceptors (Lipinski definition) is 2. The minimum absolute atomic E-state index is 0.0128. The predicted octanol–water partition coefficient (Wildman–Crippen LogP) is 1.24. The first-order chi connectivity index (χ1) is 8.11. The molecule has 1 aliphatic carbocycles. The van der Waals surface area contributed by atoms with Crippen molar-refractivity contribution in [1.29, 1.82) is 0 Å². The molecule has 1 aromatic rings. The summed E-state index contributed by atoms with van der Waals surface area (Å²) in [6.07, 6.45) is 0. The number of carboxylic acid groups (broad SMARTS) is 1. The van der Waals surface area contributed by atoms with Crippen LogP contribution >= 0.6 is 0 Å². The van der Waals surface area contributed by atoms with Gasteiger partial charge in [0.15, 0.2) is 0 Å². The molecule has 0 saturated heterocycles. The van der Waals surface area contributed by atoms with Crippen LogP contribution in [0.25, 0.3) is 0 Å². The predicted molar refractivity (Wildman–Crippen MR) is 62.5 cm³/mol. The van der Waals surface area contributed by atoms with Gasteiger partial charge in [0.2, 0.25) is 5.91 Å². The first-order valence-electron chi connectivity index (χ1n) is 5.63. The van der Waals surface area contributed by atoms with Gasteiger partial charge in [-0.2, -0.15) is 0 Å². The van der Waals surface area contributed by atoms with Gasteiger partial charge in [0.1, 0.15) is 0 Å². The highest BCUT2D eigenvalue weighted by Crippen LogP contribution is 2.53. The zero-order valence-corrected chi connectivity index (χ0v) is 9.59. The molecule has 3 atom stereocenters. The van der Waals surface area contributed by atoms with E-state index in [1.165, 1.54) is 6.92 Å². The Labute approximate surface area is 99.6 Å². The number of carbonyl (C=O) groups is 2. The fourth-order valence-corrected chi connectivity index (χ4v) is 2.36. The van der Waals surface area contributed by atoms with Crippen LogP contribution in [0.1, 0.15) is 18.4 Å². The lowest BCUT2D eigenvalue weighted by molar-refractivity contribution is -0.139. The Hall–Kier alpha value is -1.84. The summed E-state index contributed by atoms with van der Waals surface area (Å²) in [4.78, 5) is 21.9. The van der Waals surface area contributed by atoms with Gasteiger partial charge in [0, 0.05) is 19.4 Å². The number of carbonyl (C=O) groups excluding carboxylic acids is 1. The summed E-state index contributed by atoms with van der Waals surface area (Å²) in [6.45, 7) is 1.88. The largest absolute Gasteiger partial charge is 0.481 e. The lowest BCUT2D eigenvalue weighted by atomic mass is 10.1. The minimum Gasteiger partial charge on any atom is -0.481 e. The van der Waals surface area contributed by atoms with Crippen LogP contribution in [0.15, 0.2) is 30.3 Å². The van der Waals surface area contributed by atoms with Crippen molar-refractivity contribution in [3.8, 4) is 0 Å². The van der Waals surface area contributed by atoms with E-state index in [0.29, 0.717) is 6.54 Å². The van der Waals surface area contributed by atoms with E-state index in [9.17, 15) is 9.59 Å². The summed E-state index contributed by atoms with van der Waals surface area (Å²) in [5.41, 5.74) is 1.04. The Balaban J connectivity index is 2.07. The topological polar surface area (TPSA) is 66.4 Å². The van der Waals surface area contributed by atoms with Crippen LogP contribution in [0.3, 0.4) is 0 Å². The summed E-state index contributed by atoms with van der Waals surface area (Å²) in [5, 5.41) is 11.8. The van der Waals surface area contributed by atoms with E-state index in [0.717, 1.165) is 5.56 Å². The van der Waals surface area contributed by atoms with E-state index in [1.807, 2.05) is 30.3 Å². The van der Waals surface area contributed by atoms with Crippen LogP contribution in [0, 0.1) is 11.8 Å². The molecule has 3 unspecified atom stereocenters. The maximum atomic E-state index is 11.1. The lowest BCUT2D eigenvalue weighted by Crippen LogP contribution is -2.23. The highest BCUT2D eigenvalue weighted by atomic mass is 16.4. The highest BCUT2D eigenvalue weighted by Gasteiger charge is 2.55. The van der Waals surface area contributed by atoms with E-state index in [4.69, 9.17) is 5.11 Å². The molecule has 0 bridgehead atoms. The van der Waals surface area contributed by atoms with Crippen LogP contribution in [0.4, 0.5) is 0 Å². The molecule has 17 heavy (non-hydrogen) atoms. The van der Waals surface area contributed by atoms with Crippen LogP contribution in [0.5, 0.6) is 0 Å². The minimum atomic E-state index is -0.783. The van der Waals surface area contributed by atoms with Crippen LogP contribution < -0.4 is 5.32 Å². The Morgan fingerprint density at radius 3 is 2.47 bits per heavy atom. The molecule has 1 fully saturated rings. The molecule has 0 radical (unpaired) electrons. The summed E-state index contributed by atoms with van der Waals surface area (Å²) in [7, 11) is 0. The molecule has 0 aromatic heterocycles. The first-order valence-corrected chi connectivity index (χ1v) is 5.63. The number of hydrogen-bond donors (Lipinski definition) is 2. The molecule has 4 nitrogen and oxygen atoms in total. The highest BCUT2D eigenvalue weighted by molar-refractivity contribution is 5.77. The van der Waals surface area contributed by atoms with Crippen molar-refractivity contribution >= 4 is 11.9 Å². The van der Waals surface area contributed by atoms with Crippen molar-refractivity contribution in [1.82, 2.24) is 5.32 Å². The summed E-state index contributed by atoms with van der Waals surface area (Å²) in [6, 6.07) is 9.59. The van der Waals surface area contributed by atoms with Crippen LogP contribution in [0.2, 0.25) is 0 Å². The van der Waals surface area contributed by atoms with Gasteiger partial charge in [0.25, 0.3) is 0 Å². The molecular formula is C13H15NO3. The molecule has 1 aromatic carbocycles. The number of amides is 1. The standard InChI is InChI=1S/C13H15NO3/c1-8(15)14-7-10-11(12(10)13(16)17)9-5-3-2-4-6-9/h2-6,10-12H,7H2,1H3,(H,14,15)(H,16,17).